The van der Waals surface area contributed by atoms with E-state index in [1.54, 1.807) is 30.5 Å². The molecule has 1 amide bonds. The molecule has 80 valence electrons. The first-order chi connectivity index (χ1) is 7.81. The number of hydrogen-bond donors (Lipinski definition) is 2. The molecule has 0 radical (unpaired) electrons. The fourth-order valence-corrected chi connectivity index (χ4v) is 1.43. The smallest absolute Gasteiger partial charge is 0.211 e. The molecule has 0 aliphatic rings. The minimum Gasteiger partial charge on any atom is -0.507 e. The van der Waals surface area contributed by atoms with Crippen molar-refractivity contribution in [3.05, 3.63) is 42.4 Å². The standard InChI is InChI=1S/C12H10N2O2/c15-8-13-5-4-10-6-11-9(7-14-10)2-1-3-12(11)16/h1-8,16H,(H,13,15). The zero-order valence-corrected chi connectivity index (χ0v) is 8.42. The van der Waals surface area contributed by atoms with Crippen molar-refractivity contribution in [2.45, 2.75) is 0 Å². The molecule has 0 atom stereocenters. The summed E-state index contributed by atoms with van der Waals surface area (Å²) in [6.07, 6.45) is 5.39. The number of nitrogens with one attached hydrogen (secondary N) is 1. The second kappa shape index (κ2) is 4.44. The first-order valence-electron chi connectivity index (χ1n) is 4.75. The zero-order valence-electron chi connectivity index (χ0n) is 8.42. The molecule has 1 aromatic carbocycles. The molecule has 0 saturated heterocycles. The van der Waals surface area contributed by atoms with Crippen LogP contribution in [0.2, 0.25) is 0 Å². The molecule has 2 rings (SSSR count). The number of aromatic hydroxyl groups is 1. The number of aromatic nitrogens is 1. The summed E-state index contributed by atoms with van der Waals surface area (Å²) < 4.78 is 0. The van der Waals surface area contributed by atoms with E-state index in [2.05, 4.69) is 10.3 Å². The van der Waals surface area contributed by atoms with Crippen LogP contribution in [0, 0.1) is 0 Å². The van der Waals surface area contributed by atoms with Crippen LogP contribution in [0.3, 0.4) is 0 Å². The Morgan fingerprint density at radius 1 is 1.38 bits per heavy atom. The van der Waals surface area contributed by atoms with Crippen LogP contribution < -0.4 is 5.32 Å². The van der Waals surface area contributed by atoms with Gasteiger partial charge in [-0.05, 0) is 18.2 Å². The number of carbonyl (C=O) groups excluding carboxylic acids is 1. The molecule has 0 aliphatic heterocycles. The Morgan fingerprint density at radius 2 is 2.25 bits per heavy atom. The number of amides is 1. The lowest BCUT2D eigenvalue weighted by Crippen LogP contribution is -1.98. The number of rotatable bonds is 3. The van der Waals surface area contributed by atoms with Crippen molar-refractivity contribution in [3.63, 3.8) is 0 Å². The van der Waals surface area contributed by atoms with Gasteiger partial charge in [0, 0.05) is 23.2 Å². The van der Waals surface area contributed by atoms with Gasteiger partial charge in [-0.2, -0.15) is 0 Å². The van der Waals surface area contributed by atoms with E-state index in [-0.39, 0.29) is 5.75 Å². The van der Waals surface area contributed by atoms with E-state index < -0.39 is 0 Å². The van der Waals surface area contributed by atoms with E-state index in [0.29, 0.717) is 12.1 Å². The van der Waals surface area contributed by atoms with Crippen LogP contribution in [0.25, 0.3) is 16.8 Å². The molecule has 0 fully saturated rings. The molecular weight excluding hydrogens is 204 g/mol. The molecule has 4 heteroatoms. The summed E-state index contributed by atoms with van der Waals surface area (Å²) in [5.41, 5.74) is 0.670. The Bertz CT molecular complexity index is 550. The van der Waals surface area contributed by atoms with Crippen LogP contribution >= 0.6 is 0 Å². The number of nitrogens with zero attached hydrogens (tertiary/aromatic N) is 1. The van der Waals surface area contributed by atoms with Gasteiger partial charge in [-0.15, -0.1) is 0 Å². The second-order valence-electron chi connectivity index (χ2n) is 3.23. The van der Waals surface area contributed by atoms with E-state index in [9.17, 15) is 9.90 Å². The van der Waals surface area contributed by atoms with E-state index in [4.69, 9.17) is 0 Å². The number of phenols is 1. The maximum Gasteiger partial charge on any atom is 0.211 e. The fraction of sp³-hybridized carbons (Fsp3) is 0. The summed E-state index contributed by atoms with van der Waals surface area (Å²) in [5, 5.41) is 13.7. The van der Waals surface area contributed by atoms with Crippen LogP contribution in [0.15, 0.2) is 36.7 Å². The average molecular weight is 214 g/mol. The Labute approximate surface area is 92.2 Å². The number of carbonyl (C=O) groups is 1. The van der Waals surface area contributed by atoms with Gasteiger partial charge in [-0.3, -0.25) is 9.78 Å². The summed E-state index contributed by atoms with van der Waals surface area (Å²) in [6, 6.07) is 7.02. The summed E-state index contributed by atoms with van der Waals surface area (Å²) >= 11 is 0. The van der Waals surface area contributed by atoms with Gasteiger partial charge in [0.25, 0.3) is 0 Å². The first kappa shape index (κ1) is 10.2. The SMILES string of the molecule is O=CNC=Cc1cc2c(O)cccc2cn1. The van der Waals surface area contributed by atoms with Crippen molar-refractivity contribution in [1.82, 2.24) is 10.3 Å². The van der Waals surface area contributed by atoms with Crippen LogP contribution in [0.5, 0.6) is 5.75 Å². The zero-order chi connectivity index (χ0) is 11.4. The van der Waals surface area contributed by atoms with Gasteiger partial charge in [-0.25, -0.2) is 0 Å². The van der Waals surface area contributed by atoms with Gasteiger partial charge >= 0.3 is 0 Å². The van der Waals surface area contributed by atoms with Crippen molar-refractivity contribution in [2.75, 3.05) is 0 Å². The van der Waals surface area contributed by atoms with Gasteiger partial charge in [-0.1, -0.05) is 12.1 Å². The van der Waals surface area contributed by atoms with E-state index in [0.717, 1.165) is 10.8 Å². The van der Waals surface area contributed by atoms with E-state index in [1.807, 2.05) is 6.07 Å². The maximum absolute atomic E-state index is 10.0. The number of pyridine rings is 1. The minimum absolute atomic E-state index is 0.220. The molecule has 0 bridgehead atoms. The van der Waals surface area contributed by atoms with Crippen molar-refractivity contribution in [2.24, 2.45) is 0 Å². The topological polar surface area (TPSA) is 62.2 Å². The third-order valence-corrected chi connectivity index (χ3v) is 2.18. The van der Waals surface area contributed by atoms with Crippen molar-refractivity contribution in [1.29, 1.82) is 0 Å². The predicted molar refractivity (Wildman–Crippen MR) is 61.6 cm³/mol. The molecule has 0 spiro atoms. The average Bonchev–Trinajstić information content (AvgIpc) is 2.30. The van der Waals surface area contributed by atoms with Gasteiger partial charge < -0.3 is 10.4 Å². The highest BCUT2D eigenvalue weighted by molar-refractivity contribution is 5.88. The van der Waals surface area contributed by atoms with Crippen LogP contribution in [-0.2, 0) is 4.79 Å². The highest BCUT2D eigenvalue weighted by Crippen LogP contribution is 2.24. The van der Waals surface area contributed by atoms with Crippen LogP contribution in [0.1, 0.15) is 5.69 Å². The van der Waals surface area contributed by atoms with Crippen molar-refractivity contribution >= 4 is 23.3 Å². The van der Waals surface area contributed by atoms with E-state index in [1.165, 1.54) is 6.20 Å². The molecule has 2 N–H and O–H groups in total. The summed E-state index contributed by atoms with van der Waals surface area (Å²) in [4.78, 5) is 14.2. The van der Waals surface area contributed by atoms with Crippen LogP contribution in [0.4, 0.5) is 0 Å². The lowest BCUT2D eigenvalue weighted by Gasteiger charge is -2.01. The lowest BCUT2D eigenvalue weighted by atomic mass is 10.1. The Hall–Kier alpha value is -2.36. The molecule has 0 unspecified atom stereocenters. The number of fused-ring (bicyclic) bond motifs is 1. The van der Waals surface area contributed by atoms with E-state index >= 15 is 0 Å². The predicted octanol–water partition coefficient (Wildman–Crippen LogP) is 1.66. The minimum atomic E-state index is 0.220. The molecule has 1 aromatic heterocycles. The second-order valence-corrected chi connectivity index (χ2v) is 3.23. The summed E-state index contributed by atoms with van der Waals surface area (Å²) in [6.45, 7) is 0. The third-order valence-electron chi connectivity index (χ3n) is 2.18. The Morgan fingerprint density at radius 3 is 3.06 bits per heavy atom. The van der Waals surface area contributed by atoms with Crippen LogP contribution in [-0.4, -0.2) is 16.5 Å². The van der Waals surface area contributed by atoms with Gasteiger partial charge in [0.05, 0.1) is 5.69 Å². The molecule has 4 nitrogen and oxygen atoms in total. The Balaban J connectivity index is 2.43. The molecule has 1 heterocycles. The Kier molecular flexibility index (Phi) is 2.82. The first-order valence-corrected chi connectivity index (χ1v) is 4.75. The number of hydrogen-bond acceptors (Lipinski definition) is 3. The normalized spacial score (nSPS) is 10.8. The fourth-order valence-electron chi connectivity index (χ4n) is 1.43. The maximum atomic E-state index is 10.0. The molecule has 0 aliphatic carbocycles. The van der Waals surface area contributed by atoms with Gasteiger partial charge in [0.1, 0.15) is 5.75 Å². The monoisotopic (exact) mass is 214 g/mol. The van der Waals surface area contributed by atoms with Gasteiger partial charge in [0.2, 0.25) is 6.41 Å². The molecule has 2 aromatic rings. The van der Waals surface area contributed by atoms with Crippen molar-refractivity contribution in [3.8, 4) is 5.75 Å². The van der Waals surface area contributed by atoms with Gasteiger partial charge in [0.15, 0.2) is 0 Å². The highest BCUT2D eigenvalue weighted by Gasteiger charge is 1.99. The number of phenolic OH excluding ortho intramolecular Hbond substituents is 1. The largest absolute Gasteiger partial charge is 0.507 e. The highest BCUT2D eigenvalue weighted by atomic mass is 16.3. The summed E-state index contributed by atoms with van der Waals surface area (Å²) in [7, 11) is 0. The lowest BCUT2D eigenvalue weighted by molar-refractivity contribution is -0.108. The molecule has 16 heavy (non-hydrogen) atoms. The third kappa shape index (κ3) is 2.00. The van der Waals surface area contributed by atoms with Crippen molar-refractivity contribution < 1.29 is 9.90 Å². The molecule has 0 saturated carbocycles. The quantitative estimate of drug-likeness (QED) is 0.764. The number of benzene rings is 1. The molecular formula is C12H10N2O2. The summed E-state index contributed by atoms with van der Waals surface area (Å²) in [5.74, 6) is 0.220.